The molecular formula is C13H11BrN2O2S. The van der Waals surface area contributed by atoms with Crippen molar-refractivity contribution in [3.05, 3.63) is 52.4 Å². The van der Waals surface area contributed by atoms with Gasteiger partial charge in [-0.05, 0) is 17.7 Å². The standard InChI is InChI=1S/C13H11BrN2O2S/c1-18-13(17)9-2-3-10(11(14)6-9)8-19-12-7-15-4-5-16-12/h2-7H,8H2,1H3. The number of methoxy groups -OCH3 is 1. The molecule has 0 aliphatic heterocycles. The van der Waals surface area contributed by atoms with E-state index in [0.717, 1.165) is 20.8 Å². The lowest BCUT2D eigenvalue weighted by atomic mass is 10.1. The van der Waals surface area contributed by atoms with E-state index in [-0.39, 0.29) is 5.97 Å². The molecule has 2 rings (SSSR count). The van der Waals surface area contributed by atoms with Gasteiger partial charge in [0.2, 0.25) is 0 Å². The molecule has 0 aliphatic carbocycles. The Labute approximate surface area is 123 Å². The van der Waals surface area contributed by atoms with Crippen LogP contribution in [0.5, 0.6) is 0 Å². The van der Waals surface area contributed by atoms with Gasteiger partial charge in [0.25, 0.3) is 0 Å². The zero-order valence-corrected chi connectivity index (χ0v) is 12.6. The highest BCUT2D eigenvalue weighted by molar-refractivity contribution is 9.10. The minimum absolute atomic E-state index is 0.339. The second kappa shape index (κ2) is 6.68. The van der Waals surface area contributed by atoms with Crippen LogP contribution in [0.4, 0.5) is 0 Å². The molecule has 0 N–H and O–H groups in total. The zero-order chi connectivity index (χ0) is 13.7. The average Bonchev–Trinajstić information content (AvgIpc) is 2.46. The maximum atomic E-state index is 11.4. The highest BCUT2D eigenvalue weighted by Crippen LogP contribution is 2.26. The number of esters is 1. The van der Waals surface area contributed by atoms with Gasteiger partial charge in [-0.15, -0.1) is 11.8 Å². The summed E-state index contributed by atoms with van der Waals surface area (Å²) in [5.74, 6) is 0.412. The third kappa shape index (κ3) is 3.78. The Morgan fingerprint density at radius 3 is 2.89 bits per heavy atom. The van der Waals surface area contributed by atoms with E-state index >= 15 is 0 Å². The van der Waals surface area contributed by atoms with Gasteiger partial charge in [-0.1, -0.05) is 22.0 Å². The summed E-state index contributed by atoms with van der Waals surface area (Å²) in [5.41, 5.74) is 1.62. The number of hydrogen-bond acceptors (Lipinski definition) is 5. The Morgan fingerprint density at radius 2 is 2.26 bits per heavy atom. The van der Waals surface area contributed by atoms with Crippen molar-refractivity contribution in [2.45, 2.75) is 10.8 Å². The van der Waals surface area contributed by atoms with Crippen LogP contribution >= 0.6 is 27.7 Å². The Bertz CT molecular complexity index is 578. The molecule has 0 fully saturated rings. The number of ether oxygens (including phenoxy) is 1. The van der Waals surface area contributed by atoms with E-state index < -0.39 is 0 Å². The maximum Gasteiger partial charge on any atom is 0.337 e. The van der Waals surface area contributed by atoms with E-state index in [4.69, 9.17) is 0 Å². The van der Waals surface area contributed by atoms with Gasteiger partial charge in [0, 0.05) is 22.6 Å². The van der Waals surface area contributed by atoms with Crippen molar-refractivity contribution in [3.8, 4) is 0 Å². The molecule has 1 aromatic heterocycles. The number of aromatic nitrogens is 2. The lowest BCUT2D eigenvalue weighted by Crippen LogP contribution is -2.01. The first-order valence-corrected chi connectivity index (χ1v) is 7.24. The molecular weight excluding hydrogens is 328 g/mol. The van der Waals surface area contributed by atoms with Gasteiger partial charge in [0.05, 0.1) is 18.9 Å². The van der Waals surface area contributed by atoms with Crippen molar-refractivity contribution in [2.24, 2.45) is 0 Å². The SMILES string of the molecule is COC(=O)c1ccc(CSc2cnccn2)c(Br)c1. The van der Waals surface area contributed by atoms with E-state index in [1.54, 1.807) is 42.5 Å². The molecule has 4 nitrogen and oxygen atoms in total. The first-order valence-electron chi connectivity index (χ1n) is 5.46. The Balaban J connectivity index is 2.07. The number of thioether (sulfide) groups is 1. The van der Waals surface area contributed by atoms with Crippen molar-refractivity contribution < 1.29 is 9.53 Å². The summed E-state index contributed by atoms with van der Waals surface area (Å²) in [7, 11) is 1.37. The maximum absolute atomic E-state index is 11.4. The Hall–Kier alpha value is -1.40. The molecule has 0 saturated heterocycles. The molecule has 2 aromatic rings. The fourth-order valence-electron chi connectivity index (χ4n) is 1.42. The summed E-state index contributed by atoms with van der Waals surface area (Å²) >= 11 is 5.05. The smallest absolute Gasteiger partial charge is 0.337 e. The summed E-state index contributed by atoms with van der Waals surface area (Å²) in [5, 5.41) is 0.867. The molecule has 0 amide bonds. The predicted molar refractivity (Wildman–Crippen MR) is 77.1 cm³/mol. The summed E-state index contributed by atoms with van der Waals surface area (Å²) in [6.45, 7) is 0. The first-order chi connectivity index (χ1) is 9.20. The van der Waals surface area contributed by atoms with Crippen LogP contribution in [0.2, 0.25) is 0 Å². The fourth-order valence-corrected chi connectivity index (χ4v) is 2.95. The molecule has 0 spiro atoms. The number of benzene rings is 1. The monoisotopic (exact) mass is 338 g/mol. The van der Waals surface area contributed by atoms with Crippen LogP contribution in [-0.4, -0.2) is 23.0 Å². The van der Waals surface area contributed by atoms with Crippen molar-refractivity contribution in [1.29, 1.82) is 0 Å². The third-order valence-corrected chi connectivity index (χ3v) is 4.09. The molecule has 1 aromatic carbocycles. The van der Waals surface area contributed by atoms with Crippen LogP contribution in [-0.2, 0) is 10.5 Å². The van der Waals surface area contributed by atoms with Crippen LogP contribution in [0.3, 0.4) is 0 Å². The average molecular weight is 339 g/mol. The molecule has 0 aliphatic rings. The van der Waals surface area contributed by atoms with Crippen molar-refractivity contribution in [3.63, 3.8) is 0 Å². The largest absolute Gasteiger partial charge is 0.465 e. The molecule has 6 heteroatoms. The van der Waals surface area contributed by atoms with Gasteiger partial charge in [-0.25, -0.2) is 9.78 Å². The number of nitrogens with zero attached hydrogens (tertiary/aromatic N) is 2. The fraction of sp³-hybridized carbons (Fsp3) is 0.154. The molecule has 0 saturated carbocycles. The van der Waals surface area contributed by atoms with Crippen LogP contribution in [0.15, 0.2) is 46.3 Å². The third-order valence-electron chi connectivity index (χ3n) is 2.39. The number of rotatable bonds is 4. The molecule has 0 atom stereocenters. The summed E-state index contributed by atoms with van der Waals surface area (Å²) in [6, 6.07) is 5.42. The first kappa shape index (κ1) is 14.0. The lowest BCUT2D eigenvalue weighted by molar-refractivity contribution is 0.0600. The summed E-state index contributed by atoms with van der Waals surface area (Å²) in [6.07, 6.45) is 5.03. The molecule has 0 unspecified atom stereocenters. The van der Waals surface area contributed by atoms with Gasteiger partial charge in [0.1, 0.15) is 5.03 Å². The number of halogens is 1. The molecule has 0 radical (unpaired) electrons. The molecule has 1 heterocycles. The van der Waals surface area contributed by atoms with Crippen molar-refractivity contribution in [1.82, 2.24) is 9.97 Å². The molecule has 19 heavy (non-hydrogen) atoms. The number of carbonyl (C=O) groups is 1. The minimum Gasteiger partial charge on any atom is -0.465 e. The van der Waals surface area contributed by atoms with Crippen LogP contribution < -0.4 is 0 Å². The lowest BCUT2D eigenvalue weighted by Gasteiger charge is -2.06. The number of carbonyl (C=O) groups excluding carboxylic acids is 1. The Morgan fingerprint density at radius 1 is 1.42 bits per heavy atom. The van der Waals surface area contributed by atoms with Gasteiger partial charge >= 0.3 is 5.97 Å². The molecule has 0 bridgehead atoms. The highest BCUT2D eigenvalue weighted by Gasteiger charge is 2.08. The van der Waals surface area contributed by atoms with Gasteiger partial charge in [0.15, 0.2) is 0 Å². The summed E-state index contributed by atoms with van der Waals surface area (Å²) < 4.78 is 5.56. The van der Waals surface area contributed by atoms with Crippen LogP contribution in [0.1, 0.15) is 15.9 Å². The van der Waals surface area contributed by atoms with Gasteiger partial charge in [-0.2, -0.15) is 0 Å². The quantitative estimate of drug-likeness (QED) is 0.632. The van der Waals surface area contributed by atoms with Crippen LogP contribution in [0.25, 0.3) is 0 Å². The topological polar surface area (TPSA) is 52.1 Å². The van der Waals surface area contributed by atoms with E-state index in [9.17, 15) is 4.79 Å². The normalized spacial score (nSPS) is 10.2. The Kier molecular flexibility index (Phi) is 4.93. The second-order valence-corrected chi connectivity index (χ2v) is 5.48. The summed E-state index contributed by atoms with van der Waals surface area (Å²) in [4.78, 5) is 19.6. The van der Waals surface area contributed by atoms with E-state index in [1.165, 1.54) is 7.11 Å². The number of hydrogen-bond donors (Lipinski definition) is 0. The van der Waals surface area contributed by atoms with Crippen molar-refractivity contribution in [2.75, 3.05) is 7.11 Å². The van der Waals surface area contributed by atoms with Crippen LogP contribution in [0, 0.1) is 0 Å². The second-order valence-electron chi connectivity index (χ2n) is 3.63. The zero-order valence-electron chi connectivity index (χ0n) is 10.2. The van der Waals surface area contributed by atoms with E-state index in [0.29, 0.717) is 5.56 Å². The van der Waals surface area contributed by atoms with Gasteiger partial charge < -0.3 is 4.74 Å². The van der Waals surface area contributed by atoms with Crippen molar-refractivity contribution >= 4 is 33.7 Å². The molecule has 98 valence electrons. The van der Waals surface area contributed by atoms with E-state index in [2.05, 4.69) is 30.6 Å². The minimum atomic E-state index is -0.339. The predicted octanol–water partition coefficient (Wildman–Crippen LogP) is 3.32. The van der Waals surface area contributed by atoms with E-state index in [1.807, 2.05) is 6.07 Å². The van der Waals surface area contributed by atoms with Gasteiger partial charge in [-0.3, -0.25) is 4.98 Å². The highest BCUT2D eigenvalue weighted by atomic mass is 79.9.